The van der Waals surface area contributed by atoms with E-state index in [0.717, 1.165) is 0 Å². The number of ether oxygens (including phenoxy) is 1. The van der Waals surface area contributed by atoms with Gasteiger partial charge in [0.2, 0.25) is 0 Å². The van der Waals surface area contributed by atoms with Crippen LogP contribution in [0, 0.1) is 0 Å². The van der Waals surface area contributed by atoms with Crippen LogP contribution in [0.1, 0.15) is 29.0 Å². The molecule has 130 valence electrons. The minimum absolute atomic E-state index is 0.0875. The van der Waals surface area contributed by atoms with Crippen molar-refractivity contribution in [1.82, 2.24) is 19.9 Å². The number of amides is 1. The first kappa shape index (κ1) is 17.1. The first-order chi connectivity index (χ1) is 11.3. The second kappa shape index (κ2) is 6.30. The van der Waals surface area contributed by atoms with Gasteiger partial charge in [0.25, 0.3) is 5.91 Å². The fourth-order valence-corrected chi connectivity index (χ4v) is 2.94. The third kappa shape index (κ3) is 3.37. The van der Waals surface area contributed by atoms with Crippen molar-refractivity contribution in [3.63, 3.8) is 0 Å². The largest absolute Gasteiger partial charge is 0.522 e. The van der Waals surface area contributed by atoms with Crippen LogP contribution in [0.5, 0.6) is 0 Å². The Kier molecular flexibility index (Phi) is 4.49. The van der Waals surface area contributed by atoms with E-state index in [4.69, 9.17) is 0 Å². The summed E-state index contributed by atoms with van der Waals surface area (Å²) in [6.07, 6.45) is -4.02. The van der Waals surface area contributed by atoms with E-state index in [1.165, 1.54) is 16.8 Å². The molecule has 2 heterocycles. The monoisotopic (exact) mass is 408 g/mol. The summed E-state index contributed by atoms with van der Waals surface area (Å²) in [5, 5.41) is 15.9. The fraction of sp³-hybridized carbons (Fsp3) is 0.462. The number of nitrogens with zero attached hydrogens (tertiary/aromatic N) is 3. The van der Waals surface area contributed by atoms with Gasteiger partial charge in [-0.2, -0.15) is 5.10 Å². The van der Waals surface area contributed by atoms with Crippen molar-refractivity contribution in [2.75, 3.05) is 0 Å². The molecule has 11 heteroatoms. The van der Waals surface area contributed by atoms with Gasteiger partial charge in [0.1, 0.15) is 11.4 Å². The average Bonchev–Trinajstić information content (AvgIpc) is 2.80. The Morgan fingerprint density at radius 3 is 2.83 bits per heavy atom. The standard InChI is InChI=1S/C13H12BrF3N4O3/c14-10-8(5-22)20-21-9(1-2-18-11(10)21)12(23)19-6-3-7(4-6)24-13(15,16)17/h1-2,6-7,22H,3-5H2,(H,19,23). The first-order valence-corrected chi connectivity index (χ1v) is 7.76. The van der Waals surface area contributed by atoms with Crippen molar-refractivity contribution < 1.29 is 27.8 Å². The number of nitrogens with one attached hydrogen (secondary N) is 1. The number of carbonyl (C=O) groups is 1. The highest BCUT2D eigenvalue weighted by atomic mass is 79.9. The van der Waals surface area contributed by atoms with E-state index in [0.29, 0.717) is 15.8 Å². The number of aromatic nitrogens is 3. The van der Waals surface area contributed by atoms with Gasteiger partial charge in [-0.1, -0.05) is 0 Å². The summed E-state index contributed by atoms with van der Waals surface area (Å²) in [4.78, 5) is 16.4. The lowest BCUT2D eigenvalue weighted by Crippen LogP contribution is -2.49. The Morgan fingerprint density at radius 1 is 1.50 bits per heavy atom. The Hall–Kier alpha value is -1.72. The zero-order valence-corrected chi connectivity index (χ0v) is 13.6. The molecule has 0 aromatic carbocycles. The Labute approximate surface area is 141 Å². The van der Waals surface area contributed by atoms with Crippen LogP contribution in [-0.4, -0.2) is 44.1 Å². The number of halogens is 4. The molecule has 3 rings (SSSR count). The maximum Gasteiger partial charge on any atom is 0.522 e. The van der Waals surface area contributed by atoms with E-state index in [1.54, 1.807) is 0 Å². The van der Waals surface area contributed by atoms with E-state index in [9.17, 15) is 23.1 Å². The lowest BCUT2D eigenvalue weighted by molar-refractivity contribution is -0.351. The Bertz CT molecular complexity index is 774. The quantitative estimate of drug-likeness (QED) is 0.804. The van der Waals surface area contributed by atoms with Crippen molar-refractivity contribution in [3.8, 4) is 0 Å². The van der Waals surface area contributed by atoms with Crippen molar-refractivity contribution in [3.05, 3.63) is 28.1 Å². The molecule has 0 bridgehead atoms. The third-order valence-electron chi connectivity index (χ3n) is 3.64. The minimum atomic E-state index is -4.67. The van der Waals surface area contributed by atoms with Crippen LogP contribution < -0.4 is 5.32 Å². The normalized spacial score (nSPS) is 20.9. The fourth-order valence-electron chi connectivity index (χ4n) is 2.46. The zero-order valence-electron chi connectivity index (χ0n) is 12.0. The lowest BCUT2D eigenvalue weighted by Gasteiger charge is -2.35. The van der Waals surface area contributed by atoms with Gasteiger partial charge in [0.05, 0.1) is 17.2 Å². The number of alkyl halides is 3. The highest BCUT2D eigenvalue weighted by Gasteiger charge is 2.40. The molecule has 0 radical (unpaired) electrons. The molecule has 0 unspecified atom stereocenters. The van der Waals surface area contributed by atoms with Crippen molar-refractivity contribution in [2.45, 2.75) is 38.0 Å². The van der Waals surface area contributed by atoms with Crippen molar-refractivity contribution in [1.29, 1.82) is 0 Å². The summed E-state index contributed by atoms with van der Waals surface area (Å²) in [5.41, 5.74) is 0.851. The summed E-state index contributed by atoms with van der Waals surface area (Å²) in [7, 11) is 0. The van der Waals surface area contributed by atoms with Crippen LogP contribution in [0.2, 0.25) is 0 Å². The Morgan fingerprint density at radius 2 is 2.21 bits per heavy atom. The second-order valence-corrected chi connectivity index (χ2v) is 6.10. The summed E-state index contributed by atoms with van der Waals surface area (Å²) in [5.74, 6) is -0.489. The number of fused-ring (bicyclic) bond motifs is 1. The molecule has 1 aliphatic carbocycles. The van der Waals surface area contributed by atoms with Gasteiger partial charge in [-0.3, -0.25) is 9.53 Å². The number of hydrogen-bond acceptors (Lipinski definition) is 5. The molecular weight excluding hydrogens is 397 g/mol. The predicted octanol–water partition coefficient (Wildman–Crippen LogP) is 1.78. The van der Waals surface area contributed by atoms with Crippen LogP contribution in [0.25, 0.3) is 5.65 Å². The number of carbonyl (C=O) groups excluding carboxylic acids is 1. The smallest absolute Gasteiger partial charge is 0.390 e. The predicted molar refractivity (Wildman–Crippen MR) is 78.0 cm³/mol. The number of aliphatic hydroxyl groups is 1. The molecule has 0 atom stereocenters. The zero-order chi connectivity index (χ0) is 17.5. The summed E-state index contributed by atoms with van der Waals surface area (Å²) >= 11 is 3.25. The van der Waals surface area contributed by atoms with Crippen LogP contribution >= 0.6 is 15.9 Å². The van der Waals surface area contributed by atoms with E-state index < -0.39 is 24.4 Å². The van der Waals surface area contributed by atoms with Gasteiger partial charge in [-0.05, 0) is 34.8 Å². The molecular formula is C13H12BrF3N4O3. The van der Waals surface area contributed by atoms with Crippen LogP contribution in [0.3, 0.4) is 0 Å². The van der Waals surface area contributed by atoms with Crippen LogP contribution in [0.4, 0.5) is 13.2 Å². The van der Waals surface area contributed by atoms with Gasteiger partial charge in [-0.25, -0.2) is 9.50 Å². The maximum absolute atomic E-state index is 12.3. The molecule has 0 spiro atoms. The first-order valence-electron chi connectivity index (χ1n) is 6.97. The van der Waals surface area contributed by atoms with Crippen molar-refractivity contribution in [2.24, 2.45) is 0 Å². The number of rotatable bonds is 4. The molecule has 1 saturated carbocycles. The highest BCUT2D eigenvalue weighted by molar-refractivity contribution is 9.10. The summed E-state index contributed by atoms with van der Waals surface area (Å²) in [6.45, 7) is -0.329. The molecule has 0 aliphatic heterocycles. The van der Waals surface area contributed by atoms with Crippen LogP contribution in [0.15, 0.2) is 16.7 Å². The van der Waals surface area contributed by atoms with E-state index in [2.05, 4.69) is 36.1 Å². The minimum Gasteiger partial charge on any atom is -0.390 e. The lowest BCUT2D eigenvalue weighted by atomic mass is 9.89. The molecule has 2 N–H and O–H groups in total. The van der Waals surface area contributed by atoms with Gasteiger partial charge in [0.15, 0.2) is 5.65 Å². The van der Waals surface area contributed by atoms with E-state index >= 15 is 0 Å². The Balaban J connectivity index is 1.70. The molecule has 1 fully saturated rings. The van der Waals surface area contributed by atoms with Crippen molar-refractivity contribution >= 4 is 27.5 Å². The van der Waals surface area contributed by atoms with Gasteiger partial charge in [-0.15, -0.1) is 13.2 Å². The molecule has 7 nitrogen and oxygen atoms in total. The topological polar surface area (TPSA) is 88.8 Å². The summed E-state index contributed by atoms with van der Waals surface area (Å²) in [6, 6.07) is 1.04. The van der Waals surface area contributed by atoms with E-state index in [-0.39, 0.29) is 25.1 Å². The molecule has 1 amide bonds. The number of aliphatic hydroxyl groups excluding tert-OH is 1. The second-order valence-electron chi connectivity index (χ2n) is 5.31. The SMILES string of the molecule is O=C(NC1CC(OC(F)(F)F)C1)c1ccnc2c(Br)c(CO)nn12. The summed E-state index contributed by atoms with van der Waals surface area (Å²) < 4.78 is 41.9. The van der Waals surface area contributed by atoms with Gasteiger partial charge >= 0.3 is 6.36 Å². The van der Waals surface area contributed by atoms with E-state index in [1.807, 2.05) is 0 Å². The van der Waals surface area contributed by atoms with Crippen LogP contribution in [-0.2, 0) is 11.3 Å². The van der Waals surface area contributed by atoms with Gasteiger partial charge in [0, 0.05) is 12.2 Å². The maximum atomic E-state index is 12.3. The number of hydrogen-bond donors (Lipinski definition) is 2. The third-order valence-corrected chi connectivity index (χ3v) is 4.45. The molecule has 2 aromatic rings. The van der Waals surface area contributed by atoms with Gasteiger partial charge < -0.3 is 10.4 Å². The molecule has 2 aromatic heterocycles. The molecule has 0 saturated heterocycles. The highest BCUT2D eigenvalue weighted by Crippen LogP contribution is 2.30. The average molecular weight is 409 g/mol. The molecule has 24 heavy (non-hydrogen) atoms. The molecule has 1 aliphatic rings.